The number of para-hydroxylation sites is 1. The van der Waals surface area contributed by atoms with Crippen molar-refractivity contribution in [1.82, 2.24) is 19.7 Å². The molecule has 2 aromatic carbocycles. The number of nitrogens with zero attached hydrogens (tertiary/aromatic N) is 4. The molecular weight excluding hydrogens is 328 g/mol. The van der Waals surface area contributed by atoms with E-state index >= 15 is 0 Å². The Labute approximate surface area is 148 Å². The smallest absolute Gasteiger partial charge is 0.214 e. The van der Waals surface area contributed by atoms with Crippen LogP contribution in [0, 0.1) is 6.92 Å². The van der Waals surface area contributed by atoms with Gasteiger partial charge in [-0.1, -0.05) is 42.5 Å². The first-order valence-electron chi connectivity index (χ1n) is 8.16. The molecule has 1 aliphatic carbocycles. The van der Waals surface area contributed by atoms with Gasteiger partial charge in [-0.15, -0.1) is 0 Å². The molecule has 26 heavy (non-hydrogen) atoms. The lowest BCUT2D eigenvalue weighted by molar-refractivity contribution is 0.0972. The minimum atomic E-state index is -0.289. The molecule has 124 valence electrons. The third kappa shape index (κ3) is 1.89. The van der Waals surface area contributed by atoms with Crippen molar-refractivity contribution < 1.29 is 9.59 Å². The van der Waals surface area contributed by atoms with Crippen molar-refractivity contribution in [2.75, 3.05) is 0 Å². The summed E-state index contributed by atoms with van der Waals surface area (Å²) in [5.74, 6) is -0.570. The van der Waals surface area contributed by atoms with Crippen LogP contribution in [-0.2, 0) is 0 Å². The Morgan fingerprint density at radius 3 is 2.00 bits per heavy atom. The van der Waals surface area contributed by atoms with E-state index in [1.807, 2.05) is 37.3 Å². The molecule has 2 aromatic heterocycles. The summed E-state index contributed by atoms with van der Waals surface area (Å²) < 4.78 is 1.65. The molecule has 0 saturated carbocycles. The molecule has 0 atom stereocenters. The van der Waals surface area contributed by atoms with Crippen LogP contribution < -0.4 is 0 Å². The molecule has 6 nitrogen and oxygen atoms in total. The number of benzene rings is 2. The number of hydrogen-bond donors (Lipinski definition) is 0. The first-order valence-corrected chi connectivity index (χ1v) is 8.16. The highest BCUT2D eigenvalue weighted by Crippen LogP contribution is 2.28. The SMILES string of the molecule is Cc1nn(-c2ccccc2)c2nc3c(nc12)C(=O)c1ccccc1C3=O. The van der Waals surface area contributed by atoms with Crippen molar-refractivity contribution in [2.45, 2.75) is 6.92 Å². The van der Waals surface area contributed by atoms with Gasteiger partial charge in [0.1, 0.15) is 16.9 Å². The van der Waals surface area contributed by atoms with Crippen LogP contribution in [0.5, 0.6) is 0 Å². The van der Waals surface area contributed by atoms with Crippen LogP contribution in [0.15, 0.2) is 54.6 Å². The molecule has 0 unspecified atom stereocenters. The molecule has 2 heterocycles. The van der Waals surface area contributed by atoms with Gasteiger partial charge in [0, 0.05) is 11.1 Å². The van der Waals surface area contributed by atoms with Crippen LogP contribution in [0.3, 0.4) is 0 Å². The molecule has 0 aliphatic heterocycles. The first kappa shape index (κ1) is 14.7. The third-order valence-corrected chi connectivity index (χ3v) is 4.52. The van der Waals surface area contributed by atoms with E-state index in [9.17, 15) is 9.59 Å². The second-order valence-electron chi connectivity index (χ2n) is 6.13. The van der Waals surface area contributed by atoms with Gasteiger partial charge in [0.25, 0.3) is 0 Å². The maximum atomic E-state index is 12.9. The summed E-state index contributed by atoms with van der Waals surface area (Å²) >= 11 is 0. The Morgan fingerprint density at radius 2 is 1.35 bits per heavy atom. The minimum absolute atomic E-state index is 0.0817. The van der Waals surface area contributed by atoms with Crippen molar-refractivity contribution in [1.29, 1.82) is 0 Å². The second kappa shape index (κ2) is 5.16. The predicted molar refractivity (Wildman–Crippen MR) is 94.7 cm³/mol. The van der Waals surface area contributed by atoms with Gasteiger partial charge in [-0.05, 0) is 19.1 Å². The van der Waals surface area contributed by atoms with Gasteiger partial charge in [0.2, 0.25) is 11.6 Å². The zero-order valence-corrected chi connectivity index (χ0v) is 13.8. The van der Waals surface area contributed by atoms with Crippen LogP contribution >= 0.6 is 0 Å². The molecule has 0 fully saturated rings. The van der Waals surface area contributed by atoms with Gasteiger partial charge in [-0.3, -0.25) is 9.59 Å². The summed E-state index contributed by atoms with van der Waals surface area (Å²) in [5, 5.41) is 4.50. The average molecular weight is 340 g/mol. The number of rotatable bonds is 1. The third-order valence-electron chi connectivity index (χ3n) is 4.52. The van der Waals surface area contributed by atoms with E-state index in [1.165, 1.54) is 0 Å². The molecule has 0 saturated heterocycles. The van der Waals surface area contributed by atoms with Crippen LogP contribution in [0.1, 0.15) is 37.8 Å². The van der Waals surface area contributed by atoms with E-state index in [4.69, 9.17) is 0 Å². The van der Waals surface area contributed by atoms with Crippen LogP contribution in [-0.4, -0.2) is 31.3 Å². The number of aromatic nitrogens is 4. The van der Waals surface area contributed by atoms with Crippen LogP contribution in [0.2, 0.25) is 0 Å². The average Bonchev–Trinajstić information content (AvgIpc) is 3.02. The molecule has 1 aliphatic rings. The first-order chi connectivity index (χ1) is 12.6. The largest absolute Gasteiger partial charge is 0.287 e. The fraction of sp³-hybridized carbons (Fsp3) is 0.0500. The highest BCUT2D eigenvalue weighted by molar-refractivity contribution is 6.27. The number of carbonyl (C=O) groups excluding carboxylic acids is 2. The number of aryl methyl sites for hydroxylation is 1. The topological polar surface area (TPSA) is 77.7 Å². The summed E-state index contributed by atoms with van der Waals surface area (Å²) in [4.78, 5) is 34.7. The van der Waals surface area contributed by atoms with E-state index in [1.54, 1.807) is 28.9 Å². The maximum Gasteiger partial charge on any atom is 0.214 e. The highest BCUT2D eigenvalue weighted by atomic mass is 16.1. The lowest BCUT2D eigenvalue weighted by Gasteiger charge is -2.15. The molecule has 0 spiro atoms. The molecule has 6 heteroatoms. The van der Waals surface area contributed by atoms with E-state index < -0.39 is 0 Å². The zero-order valence-electron chi connectivity index (χ0n) is 13.8. The quantitative estimate of drug-likeness (QED) is 0.469. The Balaban J connectivity index is 1.82. The molecule has 0 bridgehead atoms. The van der Waals surface area contributed by atoms with Crippen LogP contribution in [0.25, 0.3) is 16.9 Å². The van der Waals surface area contributed by atoms with E-state index in [2.05, 4.69) is 15.1 Å². The van der Waals surface area contributed by atoms with Crippen molar-refractivity contribution in [2.24, 2.45) is 0 Å². The minimum Gasteiger partial charge on any atom is -0.287 e. The summed E-state index contributed by atoms with van der Waals surface area (Å²) in [6.07, 6.45) is 0. The van der Waals surface area contributed by atoms with Crippen LogP contribution in [0.4, 0.5) is 0 Å². The van der Waals surface area contributed by atoms with E-state index in [0.29, 0.717) is 28.0 Å². The van der Waals surface area contributed by atoms with Crippen molar-refractivity contribution in [3.05, 3.63) is 82.8 Å². The van der Waals surface area contributed by atoms with E-state index in [0.717, 1.165) is 5.69 Å². The molecule has 5 rings (SSSR count). The molecule has 0 radical (unpaired) electrons. The van der Waals surface area contributed by atoms with Gasteiger partial charge < -0.3 is 0 Å². The lowest BCUT2D eigenvalue weighted by Crippen LogP contribution is -2.24. The van der Waals surface area contributed by atoms with Gasteiger partial charge in [0.15, 0.2) is 5.65 Å². The highest BCUT2D eigenvalue weighted by Gasteiger charge is 2.33. The molecule has 4 aromatic rings. The maximum absolute atomic E-state index is 12.9. The van der Waals surface area contributed by atoms with Crippen molar-refractivity contribution >= 4 is 22.7 Å². The number of hydrogen-bond acceptors (Lipinski definition) is 5. The fourth-order valence-corrected chi connectivity index (χ4v) is 3.26. The van der Waals surface area contributed by atoms with Crippen molar-refractivity contribution in [3.63, 3.8) is 0 Å². The van der Waals surface area contributed by atoms with Gasteiger partial charge in [-0.2, -0.15) is 5.10 Å². The zero-order chi connectivity index (χ0) is 17.8. The van der Waals surface area contributed by atoms with E-state index in [-0.39, 0.29) is 23.0 Å². The van der Waals surface area contributed by atoms with Gasteiger partial charge >= 0.3 is 0 Å². The summed E-state index contributed by atoms with van der Waals surface area (Å²) in [6, 6.07) is 16.3. The standard InChI is InChI=1S/C20H12N4O2/c1-11-15-20(24(23-11)12-7-3-2-4-8-12)22-17-16(21-15)18(25)13-9-5-6-10-14(13)19(17)26/h2-10H,1H3. The van der Waals surface area contributed by atoms with Crippen molar-refractivity contribution in [3.8, 4) is 5.69 Å². The van der Waals surface area contributed by atoms with Gasteiger partial charge in [-0.25, -0.2) is 14.6 Å². The van der Waals surface area contributed by atoms with Gasteiger partial charge in [0.05, 0.1) is 11.4 Å². The summed E-state index contributed by atoms with van der Waals surface area (Å²) in [6.45, 7) is 1.81. The fourth-order valence-electron chi connectivity index (χ4n) is 3.26. The number of ketones is 2. The molecule has 0 N–H and O–H groups in total. The Hall–Kier alpha value is -3.67. The summed E-state index contributed by atoms with van der Waals surface area (Å²) in [7, 11) is 0. The summed E-state index contributed by atoms with van der Waals surface area (Å²) in [5.41, 5.74) is 3.36. The predicted octanol–water partition coefficient (Wildman–Crippen LogP) is 2.90. The number of fused-ring (bicyclic) bond motifs is 3. The normalized spacial score (nSPS) is 13.0. The molecular formula is C20H12N4O2. The monoisotopic (exact) mass is 340 g/mol. The Kier molecular flexibility index (Phi) is 2.91. The Bertz CT molecular complexity index is 1230. The number of carbonyl (C=O) groups is 2. The second-order valence-corrected chi connectivity index (χ2v) is 6.13. The molecule has 0 amide bonds. The Morgan fingerprint density at radius 1 is 0.769 bits per heavy atom. The lowest BCUT2D eigenvalue weighted by atomic mass is 9.90.